The molecule has 1 saturated carbocycles. The number of methoxy groups -OCH3 is 1. The number of aliphatic imine (C=N–C) groups is 1. The molecule has 0 unspecified atom stereocenters. The van der Waals surface area contributed by atoms with Crippen LogP contribution < -0.4 is 9.47 Å². The van der Waals surface area contributed by atoms with Crippen LogP contribution in [0.15, 0.2) is 45.9 Å². The highest BCUT2D eigenvalue weighted by molar-refractivity contribution is 5.95. The molecule has 0 saturated heterocycles. The summed E-state index contributed by atoms with van der Waals surface area (Å²) in [5, 5.41) is 8.33. The molecule has 0 spiro atoms. The summed E-state index contributed by atoms with van der Waals surface area (Å²) >= 11 is 0. The van der Waals surface area contributed by atoms with E-state index in [0.717, 1.165) is 47.5 Å². The molecule has 2 aromatic heterocycles. The summed E-state index contributed by atoms with van der Waals surface area (Å²) in [7, 11) is 1.60. The molecule has 0 atom stereocenters. The van der Waals surface area contributed by atoms with Gasteiger partial charge in [-0.1, -0.05) is 0 Å². The van der Waals surface area contributed by atoms with Crippen molar-refractivity contribution in [1.82, 2.24) is 15.2 Å². The van der Waals surface area contributed by atoms with Crippen LogP contribution in [0.2, 0.25) is 0 Å². The van der Waals surface area contributed by atoms with Crippen molar-refractivity contribution in [3.8, 4) is 23.1 Å². The topological polar surface area (TPSA) is 82.6 Å². The summed E-state index contributed by atoms with van der Waals surface area (Å²) in [6.07, 6.45) is 5.65. The molecule has 0 bridgehead atoms. The van der Waals surface area contributed by atoms with E-state index in [1.807, 2.05) is 30.3 Å². The van der Waals surface area contributed by atoms with Crippen LogP contribution in [-0.2, 0) is 12.8 Å². The number of rotatable bonds is 6. The molecule has 1 aliphatic carbocycles. The Morgan fingerprint density at radius 2 is 1.96 bits per heavy atom. The van der Waals surface area contributed by atoms with Gasteiger partial charge in [-0.25, -0.2) is 4.98 Å². The smallest absolute Gasteiger partial charge is 0.247 e. The van der Waals surface area contributed by atoms with Gasteiger partial charge in [0, 0.05) is 23.9 Å². The van der Waals surface area contributed by atoms with Gasteiger partial charge < -0.3 is 13.9 Å². The van der Waals surface area contributed by atoms with Crippen molar-refractivity contribution < 1.29 is 13.9 Å². The van der Waals surface area contributed by atoms with Gasteiger partial charge >= 0.3 is 0 Å². The number of hydrogen-bond donors (Lipinski definition) is 0. The van der Waals surface area contributed by atoms with E-state index in [2.05, 4.69) is 20.2 Å². The fourth-order valence-corrected chi connectivity index (χ4v) is 3.07. The predicted molar refractivity (Wildman–Crippen MR) is 98.7 cm³/mol. The molecule has 7 heteroatoms. The molecule has 3 heterocycles. The summed E-state index contributed by atoms with van der Waals surface area (Å²) in [5.74, 6) is 2.46. The molecular weight excluding hydrogens is 344 g/mol. The Bertz CT molecular complexity index is 1010. The fraction of sp³-hybridized carbons (Fsp3) is 0.300. The van der Waals surface area contributed by atoms with Gasteiger partial charge in [0.2, 0.25) is 17.7 Å². The lowest BCUT2D eigenvalue weighted by atomic mass is 10.1. The predicted octanol–water partition coefficient (Wildman–Crippen LogP) is 3.55. The number of hydrogen-bond acceptors (Lipinski definition) is 7. The summed E-state index contributed by atoms with van der Waals surface area (Å²) < 4.78 is 16.9. The van der Waals surface area contributed by atoms with Crippen LogP contribution in [0.1, 0.15) is 24.3 Å². The van der Waals surface area contributed by atoms with Gasteiger partial charge in [0.15, 0.2) is 0 Å². The zero-order valence-electron chi connectivity index (χ0n) is 14.9. The maximum atomic E-state index is 5.83. The van der Waals surface area contributed by atoms with Crippen LogP contribution in [0.5, 0.6) is 11.6 Å². The average molecular weight is 362 g/mol. The Hall–Kier alpha value is -3.22. The number of nitrogens with zero attached hydrogens (tertiary/aromatic N) is 4. The molecule has 27 heavy (non-hydrogen) atoms. The zero-order chi connectivity index (χ0) is 18.2. The van der Waals surface area contributed by atoms with E-state index in [9.17, 15) is 0 Å². The molecule has 0 amide bonds. The monoisotopic (exact) mass is 362 g/mol. The van der Waals surface area contributed by atoms with Crippen molar-refractivity contribution >= 4 is 11.4 Å². The van der Waals surface area contributed by atoms with E-state index in [1.54, 1.807) is 13.3 Å². The highest BCUT2D eigenvalue weighted by Crippen LogP contribution is 2.35. The first-order valence-corrected chi connectivity index (χ1v) is 8.96. The van der Waals surface area contributed by atoms with Gasteiger partial charge in [-0.15, -0.1) is 10.2 Å². The minimum absolute atomic E-state index is 0.385. The molecule has 3 aromatic rings. The molecule has 1 aromatic carbocycles. The third-order valence-electron chi connectivity index (χ3n) is 4.58. The quantitative estimate of drug-likeness (QED) is 0.667. The van der Waals surface area contributed by atoms with Gasteiger partial charge in [-0.2, -0.15) is 0 Å². The van der Waals surface area contributed by atoms with Gasteiger partial charge in [-0.3, -0.25) is 4.99 Å². The summed E-state index contributed by atoms with van der Waals surface area (Å²) in [6.45, 7) is 0. The Labute approximate surface area is 156 Å². The molecule has 1 fully saturated rings. The second-order valence-corrected chi connectivity index (χ2v) is 6.70. The van der Waals surface area contributed by atoms with Crippen molar-refractivity contribution in [2.45, 2.75) is 31.8 Å². The molecule has 2 aliphatic rings. The van der Waals surface area contributed by atoms with Crippen LogP contribution in [0.25, 0.3) is 11.5 Å². The Balaban J connectivity index is 1.30. The fourth-order valence-electron chi connectivity index (χ4n) is 3.07. The normalized spacial score (nSPS) is 15.4. The lowest BCUT2D eigenvalue weighted by Crippen LogP contribution is -2.02. The SMILES string of the molecule is COc1nccc2c1N=C(Cc1nnc(-c3ccc(OC4CC4)cc3)o1)C2. The van der Waals surface area contributed by atoms with Crippen LogP contribution in [0, 0.1) is 0 Å². The van der Waals surface area contributed by atoms with Crippen molar-refractivity contribution in [2.24, 2.45) is 4.99 Å². The molecule has 136 valence electrons. The minimum Gasteiger partial charge on any atom is -0.490 e. The van der Waals surface area contributed by atoms with E-state index in [-0.39, 0.29) is 0 Å². The lowest BCUT2D eigenvalue weighted by molar-refractivity contribution is 0.303. The first-order valence-electron chi connectivity index (χ1n) is 8.96. The van der Waals surface area contributed by atoms with Gasteiger partial charge in [0.1, 0.15) is 11.4 Å². The minimum atomic E-state index is 0.385. The standard InChI is InChI=1S/C20H18N4O3/c1-25-20-18-13(8-9-21-20)10-14(22-18)11-17-23-24-19(27-17)12-2-4-15(5-3-12)26-16-6-7-16/h2-5,8-9,16H,6-7,10-11H2,1H3. The third-order valence-corrected chi connectivity index (χ3v) is 4.58. The van der Waals surface area contributed by atoms with Crippen LogP contribution in [0.4, 0.5) is 5.69 Å². The van der Waals surface area contributed by atoms with Crippen molar-refractivity contribution in [1.29, 1.82) is 0 Å². The Morgan fingerprint density at radius 3 is 2.74 bits per heavy atom. The highest BCUT2D eigenvalue weighted by atomic mass is 16.5. The number of pyridine rings is 1. The number of aromatic nitrogens is 3. The van der Waals surface area contributed by atoms with Crippen molar-refractivity contribution in [3.05, 3.63) is 48.0 Å². The zero-order valence-corrected chi connectivity index (χ0v) is 14.9. The van der Waals surface area contributed by atoms with Crippen molar-refractivity contribution in [3.63, 3.8) is 0 Å². The maximum absolute atomic E-state index is 5.83. The molecular formula is C20H18N4O3. The van der Waals surface area contributed by atoms with Gasteiger partial charge in [0.25, 0.3) is 0 Å². The number of ether oxygens (including phenoxy) is 2. The second kappa shape index (κ2) is 6.50. The number of benzene rings is 1. The van der Waals surface area contributed by atoms with Crippen LogP contribution in [0.3, 0.4) is 0 Å². The maximum Gasteiger partial charge on any atom is 0.247 e. The summed E-state index contributed by atoms with van der Waals surface area (Å²) in [5.41, 5.74) is 3.72. The molecule has 0 N–H and O–H groups in total. The van der Waals surface area contributed by atoms with Gasteiger partial charge in [-0.05, 0) is 48.7 Å². The molecule has 7 nitrogen and oxygen atoms in total. The number of fused-ring (bicyclic) bond motifs is 1. The largest absolute Gasteiger partial charge is 0.490 e. The van der Waals surface area contributed by atoms with E-state index in [1.165, 1.54) is 0 Å². The van der Waals surface area contributed by atoms with E-state index >= 15 is 0 Å². The molecule has 5 rings (SSSR count). The summed E-state index contributed by atoms with van der Waals surface area (Å²) in [4.78, 5) is 8.82. The second-order valence-electron chi connectivity index (χ2n) is 6.70. The van der Waals surface area contributed by atoms with Gasteiger partial charge in [0.05, 0.1) is 19.6 Å². The molecule has 1 aliphatic heterocycles. The average Bonchev–Trinajstić information content (AvgIpc) is 3.22. The third kappa shape index (κ3) is 3.28. The first kappa shape index (κ1) is 16.0. The highest BCUT2D eigenvalue weighted by Gasteiger charge is 2.24. The van der Waals surface area contributed by atoms with Crippen LogP contribution >= 0.6 is 0 Å². The van der Waals surface area contributed by atoms with Crippen LogP contribution in [-0.4, -0.2) is 34.1 Å². The first-order chi connectivity index (χ1) is 13.3. The summed E-state index contributed by atoms with van der Waals surface area (Å²) in [6, 6.07) is 9.71. The van der Waals surface area contributed by atoms with E-state index in [0.29, 0.717) is 30.2 Å². The van der Waals surface area contributed by atoms with E-state index < -0.39 is 0 Å². The Kier molecular flexibility index (Phi) is 3.85. The lowest BCUT2D eigenvalue weighted by Gasteiger charge is -2.03. The van der Waals surface area contributed by atoms with Crippen molar-refractivity contribution in [2.75, 3.05) is 7.11 Å². The Morgan fingerprint density at radius 1 is 1.11 bits per heavy atom. The van der Waals surface area contributed by atoms with E-state index in [4.69, 9.17) is 13.9 Å². The molecule has 0 radical (unpaired) electrons.